The van der Waals surface area contributed by atoms with Gasteiger partial charge in [0, 0.05) is 42.8 Å². The number of rotatable bonds is 9. The number of aliphatic carboxylic acids is 1. The Balaban J connectivity index is 1.82. The maximum absolute atomic E-state index is 14.6. The lowest BCUT2D eigenvalue weighted by Crippen LogP contribution is -2.52. The number of aromatic nitrogens is 1. The number of amidine groups is 1. The molecule has 9 nitrogen and oxygen atoms in total. The number of halogens is 3. The van der Waals surface area contributed by atoms with E-state index < -0.39 is 29.6 Å². The van der Waals surface area contributed by atoms with Crippen molar-refractivity contribution in [3.63, 3.8) is 0 Å². The number of hydrogen-bond donors (Lipinski definition) is 2. The minimum Gasteiger partial charge on any atom is -0.481 e. The average Bonchev–Trinajstić information content (AvgIpc) is 3.42. The lowest BCUT2D eigenvalue weighted by atomic mass is 9.94. The number of carbonyl (C=O) groups excluding carboxylic acids is 1. The van der Waals surface area contributed by atoms with E-state index >= 15 is 0 Å². The van der Waals surface area contributed by atoms with Crippen LogP contribution >= 0.6 is 27.3 Å². The van der Waals surface area contributed by atoms with Crippen LogP contribution in [-0.2, 0) is 19.1 Å². The third kappa shape index (κ3) is 6.11. The number of morpholine rings is 1. The van der Waals surface area contributed by atoms with Gasteiger partial charge in [-0.15, -0.1) is 11.3 Å². The van der Waals surface area contributed by atoms with Crippen molar-refractivity contribution in [2.45, 2.75) is 44.9 Å². The first-order chi connectivity index (χ1) is 18.2. The standard InChI is InChI=1S/C25H27BrF2N4O5S/c1-3-36-25(35)19-16(12-32-9-10-37-13(2)17(32)6-7-18(33)34)30-23(24-29-8-11-38-24)31-22(19)14-4-5-15(27)21(28)20(14)26/h4-5,8,11,13,17,22H,3,6-7,9-10,12H2,1-2H3,(H,30,31)(H,33,34)/t13-,17-,22+/m1/s1. The zero-order valence-corrected chi connectivity index (χ0v) is 23.2. The number of thiazole rings is 1. The van der Waals surface area contributed by atoms with Crippen LogP contribution in [0.25, 0.3) is 0 Å². The van der Waals surface area contributed by atoms with Gasteiger partial charge in [-0.2, -0.15) is 0 Å². The number of nitrogens with one attached hydrogen (secondary N) is 1. The second-order valence-electron chi connectivity index (χ2n) is 8.77. The summed E-state index contributed by atoms with van der Waals surface area (Å²) in [5, 5.41) is 14.8. The molecule has 2 aliphatic heterocycles. The fraction of sp³-hybridized carbons (Fsp3) is 0.440. The zero-order valence-electron chi connectivity index (χ0n) is 20.7. The predicted octanol–water partition coefficient (Wildman–Crippen LogP) is 4.05. The zero-order chi connectivity index (χ0) is 27.4. The van der Waals surface area contributed by atoms with E-state index in [1.54, 1.807) is 18.5 Å². The highest BCUT2D eigenvalue weighted by molar-refractivity contribution is 9.10. The van der Waals surface area contributed by atoms with Crippen molar-refractivity contribution in [3.8, 4) is 0 Å². The van der Waals surface area contributed by atoms with Gasteiger partial charge in [0.2, 0.25) is 0 Å². The Hall–Kier alpha value is -2.74. The second kappa shape index (κ2) is 12.4. The SMILES string of the molecule is CCOC(=O)C1=C(CN2CCO[C@H](C)[C@H]2CCC(=O)O)NC(c2nccs2)=N[C@H]1c1ccc(F)c(F)c1Br. The number of carbonyl (C=O) groups is 2. The Bertz CT molecular complexity index is 1260. The number of hydrogen-bond acceptors (Lipinski definition) is 9. The van der Waals surface area contributed by atoms with Gasteiger partial charge in [0.15, 0.2) is 22.5 Å². The molecular weight excluding hydrogens is 586 g/mol. The van der Waals surface area contributed by atoms with Crippen LogP contribution in [0.4, 0.5) is 8.78 Å². The third-order valence-corrected chi connectivity index (χ3v) is 7.99. The van der Waals surface area contributed by atoms with Crippen molar-refractivity contribution >= 4 is 45.0 Å². The Morgan fingerprint density at radius 3 is 2.84 bits per heavy atom. The molecule has 1 aromatic carbocycles. The predicted molar refractivity (Wildman–Crippen MR) is 140 cm³/mol. The van der Waals surface area contributed by atoms with Crippen molar-refractivity contribution in [2.24, 2.45) is 4.99 Å². The quantitative estimate of drug-likeness (QED) is 0.322. The van der Waals surface area contributed by atoms with Crippen LogP contribution < -0.4 is 5.32 Å². The summed E-state index contributed by atoms with van der Waals surface area (Å²) in [4.78, 5) is 35.7. The van der Waals surface area contributed by atoms with Crippen LogP contribution in [0.3, 0.4) is 0 Å². The van der Waals surface area contributed by atoms with E-state index in [9.17, 15) is 23.5 Å². The van der Waals surface area contributed by atoms with E-state index in [0.717, 1.165) is 6.07 Å². The van der Waals surface area contributed by atoms with Gasteiger partial charge in [-0.3, -0.25) is 14.7 Å². The minimum absolute atomic E-state index is 0.0394. The normalized spacial score (nSPS) is 22.1. The fourth-order valence-corrected chi connectivity index (χ4v) is 5.74. The molecule has 3 heterocycles. The van der Waals surface area contributed by atoms with E-state index in [1.807, 2.05) is 6.92 Å². The monoisotopic (exact) mass is 612 g/mol. The van der Waals surface area contributed by atoms with Gasteiger partial charge < -0.3 is 19.9 Å². The molecule has 3 atom stereocenters. The van der Waals surface area contributed by atoms with E-state index in [-0.39, 0.29) is 47.3 Å². The minimum atomic E-state index is -1.09. The number of esters is 1. The molecule has 1 aromatic heterocycles. The summed E-state index contributed by atoms with van der Waals surface area (Å²) in [6.45, 7) is 4.80. The van der Waals surface area contributed by atoms with E-state index in [2.05, 4.69) is 31.1 Å². The molecule has 0 amide bonds. The first-order valence-corrected chi connectivity index (χ1v) is 13.7. The number of aliphatic imine (C=N–C) groups is 1. The van der Waals surface area contributed by atoms with Crippen molar-refractivity contribution in [1.29, 1.82) is 0 Å². The van der Waals surface area contributed by atoms with Crippen LogP contribution in [0.5, 0.6) is 0 Å². The largest absolute Gasteiger partial charge is 0.481 e. The Morgan fingerprint density at radius 2 is 2.16 bits per heavy atom. The molecule has 0 unspecified atom stereocenters. The molecule has 2 N–H and O–H groups in total. The number of carboxylic acid groups (broad SMARTS) is 1. The summed E-state index contributed by atoms with van der Waals surface area (Å²) in [5.74, 6) is -3.32. The van der Waals surface area contributed by atoms with Crippen LogP contribution in [0.15, 0.2) is 44.4 Å². The molecule has 4 rings (SSSR count). The molecule has 0 aliphatic carbocycles. The highest BCUT2D eigenvalue weighted by Crippen LogP contribution is 2.38. The van der Waals surface area contributed by atoms with Crippen molar-refractivity contribution < 1.29 is 33.0 Å². The molecular formula is C25H27BrF2N4O5S. The van der Waals surface area contributed by atoms with Crippen LogP contribution in [-0.4, -0.2) is 71.2 Å². The third-order valence-electron chi connectivity index (χ3n) is 6.40. The summed E-state index contributed by atoms with van der Waals surface area (Å²) in [6.07, 6.45) is 1.69. The molecule has 2 aliphatic rings. The lowest BCUT2D eigenvalue weighted by Gasteiger charge is -2.41. The summed E-state index contributed by atoms with van der Waals surface area (Å²) in [5.41, 5.74) is 0.854. The van der Waals surface area contributed by atoms with Crippen LogP contribution in [0.1, 0.15) is 43.3 Å². The smallest absolute Gasteiger partial charge is 0.338 e. The van der Waals surface area contributed by atoms with Crippen LogP contribution in [0, 0.1) is 11.6 Å². The molecule has 204 valence electrons. The second-order valence-corrected chi connectivity index (χ2v) is 10.5. The highest BCUT2D eigenvalue weighted by Gasteiger charge is 2.37. The molecule has 2 aromatic rings. The Kier molecular flexibility index (Phi) is 9.23. The van der Waals surface area contributed by atoms with Gasteiger partial charge in [0.25, 0.3) is 0 Å². The van der Waals surface area contributed by atoms with Gasteiger partial charge in [-0.1, -0.05) is 6.07 Å². The molecule has 1 fully saturated rings. The van der Waals surface area contributed by atoms with E-state index in [4.69, 9.17) is 14.5 Å². The summed E-state index contributed by atoms with van der Waals surface area (Å²) in [7, 11) is 0. The van der Waals surface area contributed by atoms with Gasteiger partial charge in [0.1, 0.15) is 6.04 Å². The highest BCUT2D eigenvalue weighted by atomic mass is 79.9. The molecule has 1 saturated heterocycles. The Labute approximate surface area is 230 Å². The van der Waals surface area contributed by atoms with Gasteiger partial charge in [-0.05, 0) is 47.8 Å². The molecule has 0 bridgehead atoms. The summed E-state index contributed by atoms with van der Waals surface area (Å²) < 4.78 is 39.6. The maximum Gasteiger partial charge on any atom is 0.338 e. The molecule has 0 spiro atoms. The summed E-state index contributed by atoms with van der Waals surface area (Å²) in [6, 6.07) is 1.12. The van der Waals surface area contributed by atoms with Crippen molar-refractivity contribution in [1.82, 2.24) is 15.2 Å². The number of ether oxygens (including phenoxy) is 2. The van der Waals surface area contributed by atoms with E-state index in [1.165, 1.54) is 17.4 Å². The fourth-order valence-electron chi connectivity index (χ4n) is 4.61. The molecule has 13 heteroatoms. The number of carboxylic acids is 1. The molecule has 38 heavy (non-hydrogen) atoms. The maximum atomic E-state index is 14.6. The number of benzene rings is 1. The van der Waals surface area contributed by atoms with E-state index in [0.29, 0.717) is 36.1 Å². The van der Waals surface area contributed by atoms with Crippen molar-refractivity contribution in [3.05, 3.63) is 61.7 Å². The number of nitrogens with zero attached hydrogens (tertiary/aromatic N) is 3. The lowest BCUT2D eigenvalue weighted by molar-refractivity contribution is -0.139. The average molecular weight is 613 g/mol. The molecule has 0 saturated carbocycles. The first-order valence-electron chi connectivity index (χ1n) is 12.1. The van der Waals surface area contributed by atoms with Gasteiger partial charge >= 0.3 is 11.9 Å². The molecule has 0 radical (unpaired) electrons. The van der Waals surface area contributed by atoms with Gasteiger partial charge in [-0.25, -0.2) is 18.6 Å². The van der Waals surface area contributed by atoms with Crippen molar-refractivity contribution in [2.75, 3.05) is 26.3 Å². The Morgan fingerprint density at radius 1 is 1.37 bits per heavy atom. The first kappa shape index (κ1) is 28.3. The van der Waals surface area contributed by atoms with Gasteiger partial charge in [0.05, 0.1) is 29.4 Å². The topological polar surface area (TPSA) is 113 Å². The summed E-state index contributed by atoms with van der Waals surface area (Å²) >= 11 is 4.47. The van der Waals surface area contributed by atoms with Crippen LogP contribution in [0.2, 0.25) is 0 Å².